The Kier molecular flexibility index (Phi) is 12.9. The molecule has 3 aromatic carbocycles. The summed E-state index contributed by atoms with van der Waals surface area (Å²) in [6.45, 7) is 73.7. The topological polar surface area (TPSA) is 0 Å². The lowest BCUT2D eigenvalue weighted by Gasteiger charge is -2.55. The molecule has 0 bridgehead atoms. The Labute approximate surface area is 367 Å². The number of hydrogen-bond acceptors (Lipinski definition) is 0. The maximum atomic E-state index is 2.87. The van der Waals surface area contributed by atoms with E-state index in [-0.39, 0.29) is 5.04 Å². The number of hydrogen-bond donors (Lipinski definition) is 0. The predicted molar refractivity (Wildman–Crippen MR) is 291 cm³/mol. The van der Waals surface area contributed by atoms with Gasteiger partial charge in [0.2, 0.25) is 0 Å². The Morgan fingerprint density at radius 1 is 0.310 bits per heavy atom. The van der Waals surface area contributed by atoms with Crippen LogP contribution in [-0.4, -0.2) is 56.5 Å². The lowest BCUT2D eigenvalue weighted by molar-refractivity contribution is 0.870. The first-order valence-electron chi connectivity index (χ1n) is 22.6. The first-order chi connectivity index (χ1) is 25.7. The summed E-state index contributed by atoms with van der Waals surface area (Å²) in [5, 5.41) is 16.2. The summed E-state index contributed by atoms with van der Waals surface area (Å²) in [7, 11) is -14.8. The molecule has 1 unspecified atom stereocenters. The van der Waals surface area contributed by atoms with Gasteiger partial charge in [0.1, 0.15) is 0 Å². The minimum atomic E-state index is -3.22. The van der Waals surface area contributed by atoms with Gasteiger partial charge in [-0.3, -0.25) is 0 Å². The van der Waals surface area contributed by atoms with Gasteiger partial charge in [-0.25, -0.2) is 0 Å². The molecule has 0 nitrogen and oxygen atoms in total. The summed E-state index contributed by atoms with van der Waals surface area (Å²) in [5.41, 5.74) is 14.0. The van der Waals surface area contributed by atoms with Crippen LogP contribution in [0.1, 0.15) is 61.1 Å². The Morgan fingerprint density at radius 3 is 0.690 bits per heavy atom. The van der Waals surface area contributed by atoms with Crippen molar-refractivity contribution in [2.45, 2.75) is 192 Å². The molecule has 0 fully saturated rings. The Balaban J connectivity index is 2.90. The Hall–Kier alpha value is -1.34. The van der Waals surface area contributed by atoms with Crippen LogP contribution in [-0.2, 0) is 0 Å². The summed E-state index contributed by atoms with van der Waals surface area (Å²) < 4.78 is 0. The van der Waals surface area contributed by atoms with Gasteiger partial charge in [-0.05, 0) is 83.4 Å². The van der Waals surface area contributed by atoms with Crippen LogP contribution < -0.4 is 46.7 Å². The van der Waals surface area contributed by atoms with Crippen molar-refractivity contribution in [3.63, 3.8) is 0 Å². The van der Waals surface area contributed by atoms with Crippen LogP contribution in [0.25, 0.3) is 0 Å². The molecule has 1 atom stereocenters. The molecule has 0 aliphatic heterocycles. The molecule has 0 spiro atoms. The minimum Gasteiger partial charge on any atom is -0.0730 e. The summed E-state index contributed by atoms with van der Waals surface area (Å²) in [6.07, 6.45) is 2.87. The second kappa shape index (κ2) is 15.2. The molecule has 4 rings (SSSR count). The van der Waals surface area contributed by atoms with E-state index in [4.69, 9.17) is 0 Å². The second-order valence-corrected chi connectivity index (χ2v) is 59.5. The Morgan fingerprint density at radius 2 is 0.517 bits per heavy atom. The van der Waals surface area contributed by atoms with Crippen molar-refractivity contribution >= 4 is 103 Å². The second-order valence-electron chi connectivity index (χ2n) is 25.4. The average molecular weight is 898 g/mol. The molecule has 320 valence electrons. The molecule has 0 saturated heterocycles. The third kappa shape index (κ3) is 7.95. The van der Waals surface area contributed by atoms with E-state index < -0.39 is 56.5 Å². The SMILES string of the molecule is CC1=CC(C)([Si](c2c(C)cc(C)c([Si](C)(C)C)c2[Si](C)(C)C)(c2c(C)cc(C)c([Si](C)(C)C)c2[Si](C)(C)C)c2c(C)cc(C)c([Si](C)(C)C)c2[Si](C)(C)C)C(C)=C1C. The quantitative estimate of drug-likeness (QED) is 0.141. The summed E-state index contributed by atoms with van der Waals surface area (Å²) in [5.74, 6) is 0. The molecular formula is C51H88Si7. The number of benzene rings is 3. The van der Waals surface area contributed by atoms with E-state index in [0.29, 0.717) is 0 Å². The van der Waals surface area contributed by atoms with Gasteiger partial charge >= 0.3 is 0 Å². The third-order valence-corrected chi connectivity index (χ3v) is 34.2. The molecule has 0 saturated carbocycles. The average Bonchev–Trinajstić information content (AvgIpc) is 3.17. The van der Waals surface area contributed by atoms with E-state index in [1.165, 1.54) is 11.1 Å². The molecule has 0 amide bonds. The van der Waals surface area contributed by atoms with Crippen molar-refractivity contribution in [1.29, 1.82) is 0 Å². The normalized spacial score (nSPS) is 17.8. The van der Waals surface area contributed by atoms with E-state index >= 15 is 0 Å². The van der Waals surface area contributed by atoms with Gasteiger partial charge in [-0.15, -0.1) is 0 Å². The standard InChI is InChI=1S/C51H88Si7/c1-33-29-36(4)45(48(55(20,21)22)42(33)52(11,12)13)58(51(10)32-39(7)40(8)41(51)9,46-37(5)30-34(2)43(53(14,15)16)49(46)56(23,24)25)47-38(6)31-35(3)44(54(17,18)19)50(47)57(26,27)28/h29-32H,1-28H3. The van der Waals surface area contributed by atoms with Crippen molar-refractivity contribution in [2.24, 2.45) is 0 Å². The molecule has 0 heterocycles. The molecule has 7 heteroatoms. The van der Waals surface area contributed by atoms with Crippen LogP contribution in [0.4, 0.5) is 0 Å². The zero-order valence-corrected chi connectivity index (χ0v) is 50.3. The van der Waals surface area contributed by atoms with Crippen LogP contribution in [0.2, 0.25) is 123 Å². The van der Waals surface area contributed by atoms with Crippen molar-refractivity contribution in [3.8, 4) is 0 Å². The first kappa shape index (κ1) is 49.3. The molecular weight excluding hydrogens is 809 g/mol. The van der Waals surface area contributed by atoms with Gasteiger partial charge in [-0.2, -0.15) is 0 Å². The monoisotopic (exact) mass is 897 g/mol. The van der Waals surface area contributed by atoms with E-state index in [1.807, 2.05) is 31.1 Å². The number of allylic oxidation sites excluding steroid dienone is 4. The molecule has 3 aromatic rings. The zero-order chi connectivity index (χ0) is 45.2. The first-order valence-corrected chi connectivity index (χ1v) is 45.6. The van der Waals surface area contributed by atoms with Crippen molar-refractivity contribution in [3.05, 3.63) is 74.4 Å². The molecule has 58 heavy (non-hydrogen) atoms. The highest BCUT2D eigenvalue weighted by Crippen LogP contribution is 2.53. The van der Waals surface area contributed by atoms with Crippen LogP contribution in [0.3, 0.4) is 0 Å². The fourth-order valence-electron chi connectivity index (χ4n) is 12.4. The maximum Gasteiger partial charge on any atom is 0.162 e. The van der Waals surface area contributed by atoms with Gasteiger partial charge in [0.05, 0.1) is 48.4 Å². The molecule has 1 aliphatic carbocycles. The zero-order valence-electron chi connectivity index (χ0n) is 43.3. The van der Waals surface area contributed by atoms with Crippen molar-refractivity contribution in [1.82, 2.24) is 0 Å². The highest BCUT2D eigenvalue weighted by atomic mass is 28.3. The summed E-state index contributed by atoms with van der Waals surface area (Å²) in [4.78, 5) is 0. The number of aryl methyl sites for hydroxylation is 6. The summed E-state index contributed by atoms with van der Waals surface area (Å²) >= 11 is 0. The third-order valence-electron chi connectivity index (χ3n) is 14.0. The lowest BCUT2D eigenvalue weighted by Crippen LogP contribution is -2.88. The van der Waals surface area contributed by atoms with Crippen LogP contribution in [0.15, 0.2) is 41.0 Å². The molecule has 0 N–H and O–H groups in total. The summed E-state index contributed by atoms with van der Waals surface area (Å²) in [6, 6.07) is 8.14. The number of rotatable bonds is 10. The van der Waals surface area contributed by atoms with Crippen LogP contribution in [0, 0.1) is 41.5 Å². The van der Waals surface area contributed by atoms with Crippen LogP contribution in [0.5, 0.6) is 0 Å². The predicted octanol–water partition coefficient (Wildman–Crippen LogP) is 10.3. The van der Waals surface area contributed by atoms with Gasteiger partial charge in [0.25, 0.3) is 0 Å². The highest BCUT2D eigenvalue weighted by molar-refractivity contribution is 7.23. The molecule has 1 aliphatic rings. The molecule has 0 radical (unpaired) electrons. The van der Waals surface area contributed by atoms with E-state index in [0.717, 1.165) is 0 Å². The van der Waals surface area contributed by atoms with Gasteiger partial charge in [0.15, 0.2) is 8.07 Å². The molecule has 0 aromatic heterocycles. The van der Waals surface area contributed by atoms with Crippen molar-refractivity contribution in [2.75, 3.05) is 0 Å². The fraction of sp³-hybridized carbons (Fsp3) is 0.569. The van der Waals surface area contributed by atoms with E-state index in [1.54, 1.807) is 54.5 Å². The van der Waals surface area contributed by atoms with Gasteiger partial charge < -0.3 is 0 Å². The van der Waals surface area contributed by atoms with Gasteiger partial charge in [-0.1, -0.05) is 225 Å². The minimum absolute atomic E-state index is 0.178. The van der Waals surface area contributed by atoms with Crippen molar-refractivity contribution < 1.29 is 0 Å². The fourth-order valence-corrected chi connectivity index (χ4v) is 43.7. The van der Waals surface area contributed by atoms with E-state index in [9.17, 15) is 0 Å². The largest absolute Gasteiger partial charge is 0.162 e. The highest BCUT2D eigenvalue weighted by Gasteiger charge is 2.62. The smallest absolute Gasteiger partial charge is 0.0730 e. The maximum absolute atomic E-state index is 3.22. The Bertz CT molecular complexity index is 2010. The van der Waals surface area contributed by atoms with E-state index in [2.05, 4.69) is 211 Å². The van der Waals surface area contributed by atoms with Crippen LogP contribution >= 0.6 is 0 Å². The van der Waals surface area contributed by atoms with Gasteiger partial charge in [0, 0.05) is 5.04 Å². The lowest BCUT2D eigenvalue weighted by atomic mass is 10.0.